The summed E-state index contributed by atoms with van der Waals surface area (Å²) in [6.07, 6.45) is 0.758. The van der Waals surface area contributed by atoms with Crippen LogP contribution in [0.4, 0.5) is 5.69 Å². The molecule has 4 nitrogen and oxygen atoms in total. The van der Waals surface area contributed by atoms with Gasteiger partial charge in [-0.15, -0.1) is 0 Å². The number of aldehydes is 1. The number of aliphatic hydroxyl groups excluding tert-OH is 1. The van der Waals surface area contributed by atoms with E-state index in [4.69, 9.17) is 11.8 Å². The van der Waals surface area contributed by atoms with Crippen molar-refractivity contribution in [1.82, 2.24) is 5.32 Å². The summed E-state index contributed by atoms with van der Waals surface area (Å²) < 4.78 is 1.39. The third-order valence-corrected chi connectivity index (χ3v) is 5.66. The number of benzene rings is 3. The highest BCUT2D eigenvalue weighted by Crippen LogP contribution is 2.42. The molecular weight excluding hydrogens is 384 g/mol. The van der Waals surface area contributed by atoms with Gasteiger partial charge in [-0.25, -0.2) is 0 Å². The van der Waals surface area contributed by atoms with Gasteiger partial charge in [0.05, 0.1) is 11.7 Å². The summed E-state index contributed by atoms with van der Waals surface area (Å²) in [6.45, 7) is 0. The molecule has 0 saturated carbocycles. The molecule has 4 rings (SSSR count). The molecule has 2 unspecified atom stereocenters. The Morgan fingerprint density at radius 3 is 2.41 bits per heavy atom. The largest absolute Gasteiger partial charge is 0.507 e. The average molecular weight is 405 g/mol. The number of nitrogens with zero attached hydrogens (tertiary/aromatic N) is 1. The Bertz CT molecular complexity index is 1070. The smallest absolute Gasteiger partial charge is 0.148 e. The van der Waals surface area contributed by atoms with Crippen LogP contribution < -0.4 is 9.74 Å². The molecule has 0 aromatic heterocycles. The van der Waals surface area contributed by atoms with Crippen molar-refractivity contribution in [2.24, 2.45) is 0 Å². The molecule has 1 aliphatic heterocycles. The van der Waals surface area contributed by atoms with Crippen LogP contribution in [0.1, 0.15) is 28.3 Å². The molecule has 1 aliphatic rings. The standard InChI is InChI=1S/C24H21ClN2O2/c1-26-23(16-8-3-2-4-9-16)18-11-7-10-17(14-18)22-21(15-28)27(25)20-13-6-5-12-19(20)24(22)29/h2-15,21,23,26,29H,1H3. The van der Waals surface area contributed by atoms with Crippen LogP contribution in [0.5, 0.6) is 0 Å². The zero-order valence-corrected chi connectivity index (χ0v) is 16.7. The maximum absolute atomic E-state index is 11.9. The number of nitrogens with one attached hydrogen (secondary N) is 1. The van der Waals surface area contributed by atoms with E-state index in [0.717, 1.165) is 23.0 Å². The molecule has 0 spiro atoms. The molecule has 0 amide bonds. The molecule has 146 valence electrons. The highest BCUT2D eigenvalue weighted by molar-refractivity contribution is 6.30. The Balaban J connectivity index is 1.84. The Hall–Kier alpha value is -3.08. The van der Waals surface area contributed by atoms with Gasteiger partial charge in [-0.3, -0.25) is 4.42 Å². The number of hydrogen-bond donors (Lipinski definition) is 2. The van der Waals surface area contributed by atoms with Crippen molar-refractivity contribution < 1.29 is 9.90 Å². The third kappa shape index (κ3) is 3.41. The first-order valence-electron chi connectivity index (χ1n) is 9.41. The molecule has 0 bridgehead atoms. The zero-order chi connectivity index (χ0) is 20.4. The average Bonchev–Trinajstić information content (AvgIpc) is 2.77. The second kappa shape index (κ2) is 8.11. The maximum Gasteiger partial charge on any atom is 0.148 e. The Morgan fingerprint density at radius 1 is 1.00 bits per heavy atom. The summed E-state index contributed by atoms with van der Waals surface area (Å²) in [4.78, 5) is 11.9. The lowest BCUT2D eigenvalue weighted by molar-refractivity contribution is -0.107. The van der Waals surface area contributed by atoms with Crippen molar-refractivity contribution >= 4 is 35.1 Å². The Labute approximate surface area is 175 Å². The van der Waals surface area contributed by atoms with E-state index < -0.39 is 6.04 Å². The van der Waals surface area contributed by atoms with Crippen LogP contribution in [0.2, 0.25) is 0 Å². The molecule has 0 fully saturated rings. The van der Waals surface area contributed by atoms with Crippen LogP contribution in [0, 0.1) is 0 Å². The highest BCUT2D eigenvalue weighted by Gasteiger charge is 2.33. The van der Waals surface area contributed by atoms with Crippen LogP contribution in [0.15, 0.2) is 78.9 Å². The van der Waals surface area contributed by atoms with E-state index >= 15 is 0 Å². The lowest BCUT2D eigenvalue weighted by Crippen LogP contribution is -2.34. The number of fused-ring (bicyclic) bond motifs is 1. The van der Waals surface area contributed by atoms with Gasteiger partial charge in [0.2, 0.25) is 0 Å². The van der Waals surface area contributed by atoms with E-state index in [9.17, 15) is 9.90 Å². The molecule has 3 aromatic rings. The fourth-order valence-electron chi connectivity index (χ4n) is 3.89. The first-order valence-corrected chi connectivity index (χ1v) is 9.75. The van der Waals surface area contributed by atoms with Gasteiger partial charge < -0.3 is 15.2 Å². The van der Waals surface area contributed by atoms with Crippen LogP contribution in [-0.4, -0.2) is 24.5 Å². The first-order chi connectivity index (χ1) is 14.2. The van der Waals surface area contributed by atoms with Gasteiger partial charge in [0.25, 0.3) is 0 Å². The van der Waals surface area contributed by atoms with Crippen LogP contribution >= 0.6 is 11.8 Å². The number of halogens is 1. The number of anilines is 1. The minimum atomic E-state index is -0.786. The normalized spacial score (nSPS) is 17.0. The van der Waals surface area contributed by atoms with Crippen LogP contribution in [-0.2, 0) is 4.79 Å². The van der Waals surface area contributed by atoms with Crippen molar-refractivity contribution in [3.05, 3.63) is 101 Å². The van der Waals surface area contributed by atoms with E-state index in [-0.39, 0.29) is 11.8 Å². The van der Waals surface area contributed by atoms with Gasteiger partial charge in [0.15, 0.2) is 0 Å². The number of carbonyl (C=O) groups excluding carboxylic acids is 1. The van der Waals surface area contributed by atoms with E-state index in [1.165, 1.54) is 4.42 Å². The summed E-state index contributed by atoms with van der Waals surface area (Å²) >= 11 is 6.49. The minimum absolute atomic E-state index is 0.0171. The lowest BCUT2D eigenvalue weighted by Gasteiger charge is -2.32. The first kappa shape index (κ1) is 19.2. The molecule has 5 heteroatoms. The quantitative estimate of drug-likeness (QED) is 0.466. The van der Waals surface area contributed by atoms with Crippen molar-refractivity contribution in [3.8, 4) is 0 Å². The van der Waals surface area contributed by atoms with E-state index in [1.54, 1.807) is 12.1 Å². The molecule has 1 heterocycles. The topological polar surface area (TPSA) is 52.6 Å². The Morgan fingerprint density at radius 2 is 1.69 bits per heavy atom. The van der Waals surface area contributed by atoms with Crippen LogP contribution in [0.3, 0.4) is 0 Å². The van der Waals surface area contributed by atoms with Crippen molar-refractivity contribution in [2.45, 2.75) is 12.1 Å². The Kier molecular flexibility index (Phi) is 5.38. The molecule has 0 saturated heterocycles. The molecule has 3 aromatic carbocycles. The zero-order valence-electron chi connectivity index (χ0n) is 15.9. The molecule has 2 atom stereocenters. The van der Waals surface area contributed by atoms with Gasteiger partial charge in [0, 0.05) is 22.9 Å². The van der Waals surface area contributed by atoms with Gasteiger partial charge in [-0.05, 0) is 41.9 Å². The molecule has 29 heavy (non-hydrogen) atoms. The minimum Gasteiger partial charge on any atom is -0.507 e. The van der Waals surface area contributed by atoms with E-state index in [1.807, 2.05) is 61.6 Å². The van der Waals surface area contributed by atoms with Gasteiger partial charge in [-0.2, -0.15) is 0 Å². The molecular formula is C24H21ClN2O2. The third-order valence-electron chi connectivity index (χ3n) is 5.27. The summed E-state index contributed by atoms with van der Waals surface area (Å²) in [5, 5.41) is 14.4. The predicted molar refractivity (Wildman–Crippen MR) is 118 cm³/mol. The fourth-order valence-corrected chi connectivity index (χ4v) is 4.19. The SMILES string of the molecule is CNC(c1ccccc1)c1cccc(C2=C(O)c3ccccc3N(Cl)C2C=O)c1. The van der Waals surface area contributed by atoms with E-state index in [2.05, 4.69) is 17.4 Å². The van der Waals surface area contributed by atoms with Crippen molar-refractivity contribution in [3.63, 3.8) is 0 Å². The summed E-state index contributed by atoms with van der Waals surface area (Å²) in [7, 11) is 1.91. The van der Waals surface area contributed by atoms with Crippen molar-refractivity contribution in [1.29, 1.82) is 0 Å². The predicted octanol–water partition coefficient (Wildman–Crippen LogP) is 4.96. The fraction of sp³-hybridized carbons (Fsp3) is 0.125. The van der Waals surface area contributed by atoms with Gasteiger partial charge in [0.1, 0.15) is 18.1 Å². The van der Waals surface area contributed by atoms with Gasteiger partial charge >= 0.3 is 0 Å². The lowest BCUT2D eigenvalue weighted by atomic mass is 9.88. The summed E-state index contributed by atoms with van der Waals surface area (Å²) in [5.41, 5.74) is 4.63. The summed E-state index contributed by atoms with van der Waals surface area (Å²) in [6, 6.07) is 24.4. The number of aliphatic hydroxyl groups is 1. The number of hydrogen-bond acceptors (Lipinski definition) is 4. The summed E-state index contributed by atoms with van der Waals surface area (Å²) in [5.74, 6) is 0.0764. The maximum atomic E-state index is 11.9. The molecule has 2 N–H and O–H groups in total. The van der Waals surface area contributed by atoms with E-state index in [0.29, 0.717) is 16.8 Å². The second-order valence-corrected chi connectivity index (χ2v) is 7.29. The van der Waals surface area contributed by atoms with Crippen molar-refractivity contribution in [2.75, 3.05) is 11.5 Å². The number of para-hydroxylation sites is 1. The molecule has 0 radical (unpaired) electrons. The second-order valence-electron chi connectivity index (χ2n) is 6.93. The van der Waals surface area contributed by atoms with Gasteiger partial charge in [-0.1, -0.05) is 60.7 Å². The monoisotopic (exact) mass is 404 g/mol. The number of carbonyl (C=O) groups is 1. The highest BCUT2D eigenvalue weighted by atomic mass is 35.5. The molecule has 0 aliphatic carbocycles. The number of rotatable bonds is 5. The van der Waals surface area contributed by atoms with Crippen LogP contribution in [0.25, 0.3) is 11.3 Å².